The van der Waals surface area contributed by atoms with Crippen molar-refractivity contribution in [2.24, 2.45) is 5.73 Å². The van der Waals surface area contributed by atoms with Crippen molar-refractivity contribution in [3.63, 3.8) is 0 Å². The van der Waals surface area contributed by atoms with Crippen LogP contribution in [-0.4, -0.2) is 75.7 Å². The molecule has 10 heteroatoms. The Kier molecular flexibility index (Phi) is 15.7. The summed E-state index contributed by atoms with van der Waals surface area (Å²) in [6, 6.07) is 12.6. The number of amides is 3. The molecule has 10 nitrogen and oxygen atoms in total. The van der Waals surface area contributed by atoms with Crippen LogP contribution in [-0.2, 0) is 36.6 Å². The fourth-order valence-electron chi connectivity index (χ4n) is 5.48. The number of aliphatic hydroxyl groups excluding tert-OH is 1. The third-order valence-corrected chi connectivity index (χ3v) is 7.87. The molecule has 1 atom stereocenters. The summed E-state index contributed by atoms with van der Waals surface area (Å²) in [5.74, 6) is -0.176. The van der Waals surface area contributed by atoms with E-state index < -0.39 is 6.09 Å². The molecule has 3 rings (SSSR count). The molecule has 0 aliphatic heterocycles. The number of hydrogen-bond acceptors (Lipinski definition) is 7. The normalized spacial score (nSPS) is 13.5. The summed E-state index contributed by atoms with van der Waals surface area (Å²) in [6.45, 7) is 5.64. The number of aliphatic hydroxyl groups is 1. The van der Waals surface area contributed by atoms with Gasteiger partial charge >= 0.3 is 6.09 Å². The van der Waals surface area contributed by atoms with E-state index in [9.17, 15) is 14.4 Å². The molecule has 0 saturated heterocycles. The van der Waals surface area contributed by atoms with E-state index in [0.717, 1.165) is 72.1 Å². The van der Waals surface area contributed by atoms with Gasteiger partial charge in [-0.3, -0.25) is 9.59 Å². The number of hydrogen-bond donors (Lipinski definition) is 4. The molecule has 45 heavy (non-hydrogen) atoms. The number of aryl methyl sites for hydroxylation is 2. The van der Waals surface area contributed by atoms with Gasteiger partial charge < -0.3 is 35.7 Å². The quantitative estimate of drug-likeness (QED) is 0.134. The summed E-state index contributed by atoms with van der Waals surface area (Å²) in [4.78, 5) is 36.3. The van der Waals surface area contributed by atoms with Crippen molar-refractivity contribution >= 4 is 17.9 Å². The molecule has 0 radical (unpaired) electrons. The summed E-state index contributed by atoms with van der Waals surface area (Å²) in [6.07, 6.45) is 6.56. The molecule has 2 aromatic carbocycles. The minimum Gasteiger partial charge on any atom is -0.449 e. The number of ether oxygens (including phenoxy) is 3. The standard InChI is InChI=1S/C35H51N3O7/c1-2-3-19-43-21-16-37-33(40)10-6-8-26-12-14-28-29-15-13-27(24-31(29)32(30(28)23-26)25-45-35(36)42)9-7-11-34(41)38-17-22-44-20-5-4-18-39/h12-15,23-24,32,39H,2-11,16-22,25H2,1H3,(H2,36,42)(H,37,40)(H,38,41)/i/hD. The molecule has 1 unspecified atom stereocenters. The van der Waals surface area contributed by atoms with Gasteiger partial charge in [0.15, 0.2) is 1.41 Å². The largest absolute Gasteiger partial charge is 0.449 e. The van der Waals surface area contributed by atoms with Crippen molar-refractivity contribution in [1.82, 2.24) is 10.6 Å². The molecule has 1 aliphatic carbocycles. The van der Waals surface area contributed by atoms with E-state index in [1.807, 2.05) is 0 Å². The van der Waals surface area contributed by atoms with Crippen LogP contribution in [0.4, 0.5) is 4.79 Å². The second-order valence-electron chi connectivity index (χ2n) is 11.4. The van der Waals surface area contributed by atoms with Gasteiger partial charge in [0.2, 0.25) is 11.8 Å². The molecule has 1 aliphatic rings. The van der Waals surface area contributed by atoms with Crippen LogP contribution in [0.2, 0.25) is 1.41 Å². The highest BCUT2D eigenvalue weighted by Crippen LogP contribution is 2.46. The second-order valence-corrected chi connectivity index (χ2v) is 11.4. The van der Waals surface area contributed by atoms with Crippen LogP contribution in [0, 0.1) is 0 Å². The number of nitrogens with two attached hydrogens (primary N) is 1. The maximum atomic E-state index is 12.3. The number of benzene rings is 2. The smallest absolute Gasteiger partial charge is 0.404 e. The number of primary amides is 1. The predicted molar refractivity (Wildman–Crippen MR) is 174 cm³/mol. The second kappa shape index (κ2) is 20.5. The van der Waals surface area contributed by atoms with Crippen molar-refractivity contribution in [3.8, 4) is 11.1 Å². The number of rotatable bonds is 23. The van der Waals surface area contributed by atoms with E-state index in [2.05, 4.69) is 54.0 Å². The lowest BCUT2D eigenvalue weighted by Gasteiger charge is -2.15. The zero-order chi connectivity index (χ0) is 33.0. The third kappa shape index (κ3) is 12.8. The van der Waals surface area contributed by atoms with E-state index in [1.165, 1.54) is 0 Å². The summed E-state index contributed by atoms with van der Waals surface area (Å²) in [5, 5.41) is 14.6. The highest BCUT2D eigenvalue weighted by molar-refractivity contribution is 5.80. The Labute approximate surface area is 268 Å². The molecule has 0 spiro atoms. The first-order chi connectivity index (χ1) is 22.5. The van der Waals surface area contributed by atoms with Gasteiger partial charge in [0.1, 0.15) is 6.61 Å². The first kappa shape index (κ1) is 34.4. The Morgan fingerprint density at radius 2 is 1.36 bits per heavy atom. The van der Waals surface area contributed by atoms with Crippen LogP contribution in [0.5, 0.6) is 0 Å². The topological polar surface area (TPSA) is 149 Å². The van der Waals surface area contributed by atoms with Gasteiger partial charge in [0.25, 0.3) is 0 Å². The Hall–Kier alpha value is -3.47. The third-order valence-electron chi connectivity index (χ3n) is 7.87. The Balaban J connectivity index is 1.53. The van der Waals surface area contributed by atoms with Gasteiger partial charge in [-0.25, -0.2) is 4.79 Å². The zero-order valence-corrected chi connectivity index (χ0v) is 26.7. The minimum absolute atomic E-state index is 0.0124. The maximum absolute atomic E-state index is 12.3. The lowest BCUT2D eigenvalue weighted by molar-refractivity contribution is -0.122. The van der Waals surface area contributed by atoms with Gasteiger partial charge in [0, 0.05) is 51.7 Å². The number of nitrogens with one attached hydrogen (secondary N) is 2. The fraction of sp³-hybridized carbons (Fsp3) is 0.571. The van der Waals surface area contributed by atoms with Crippen molar-refractivity contribution in [2.45, 2.75) is 77.0 Å². The molecular weight excluding hydrogens is 574 g/mol. The van der Waals surface area contributed by atoms with Crippen LogP contribution in [0.25, 0.3) is 11.1 Å². The van der Waals surface area contributed by atoms with Gasteiger partial charge in [0.05, 0.1) is 13.2 Å². The summed E-state index contributed by atoms with van der Waals surface area (Å²) in [5.41, 5.74) is 8.29. The first-order valence-electron chi connectivity index (χ1n) is 16.9. The molecule has 0 saturated carbocycles. The molecule has 248 valence electrons. The average molecular weight is 627 g/mol. The molecule has 5 N–H and O–H groups in total. The van der Waals surface area contributed by atoms with Crippen LogP contribution in [0.3, 0.4) is 0 Å². The number of fused-ring (bicyclic) bond motifs is 3. The first-order valence-corrected chi connectivity index (χ1v) is 16.4. The van der Waals surface area contributed by atoms with Gasteiger partial charge in [-0.2, -0.15) is 0 Å². The van der Waals surface area contributed by atoms with E-state index in [4.69, 9.17) is 20.7 Å². The molecule has 0 heterocycles. The maximum Gasteiger partial charge on any atom is 0.404 e. The molecule has 0 fully saturated rings. The van der Waals surface area contributed by atoms with E-state index in [-0.39, 0.29) is 30.9 Å². The lowest BCUT2D eigenvalue weighted by Crippen LogP contribution is -2.27. The molecular formula is C35H51N3O7. The Morgan fingerprint density at radius 1 is 0.800 bits per heavy atom. The van der Waals surface area contributed by atoms with E-state index >= 15 is 0 Å². The predicted octanol–water partition coefficient (Wildman–Crippen LogP) is 4.38. The molecule has 0 aromatic heterocycles. The fourth-order valence-corrected chi connectivity index (χ4v) is 5.48. The van der Waals surface area contributed by atoms with Gasteiger partial charge in [-0.05, 0) is 78.3 Å². The van der Waals surface area contributed by atoms with Crippen molar-refractivity contribution in [3.05, 3.63) is 58.7 Å². The van der Waals surface area contributed by atoms with Crippen LogP contribution in [0.1, 0.15) is 86.5 Å². The highest BCUT2D eigenvalue weighted by atomic mass is 16.5. The van der Waals surface area contributed by atoms with Crippen LogP contribution < -0.4 is 16.4 Å². The Morgan fingerprint density at radius 3 is 1.87 bits per heavy atom. The highest BCUT2D eigenvalue weighted by Gasteiger charge is 2.30. The van der Waals surface area contributed by atoms with Crippen LogP contribution in [0.15, 0.2) is 36.4 Å². The Bertz CT molecular complexity index is 1240. The molecule has 3 amide bonds. The number of unbranched alkanes of at least 4 members (excludes halogenated alkanes) is 2. The van der Waals surface area contributed by atoms with Gasteiger partial charge in [-0.15, -0.1) is 0 Å². The van der Waals surface area contributed by atoms with Crippen molar-refractivity contribution < 1.29 is 35.1 Å². The van der Waals surface area contributed by atoms with E-state index in [0.29, 0.717) is 65.0 Å². The van der Waals surface area contributed by atoms with Crippen LogP contribution >= 0.6 is 0 Å². The summed E-state index contributed by atoms with van der Waals surface area (Å²) < 4.78 is 23.4. The minimum atomic E-state index is -0.800. The van der Waals surface area contributed by atoms with Crippen molar-refractivity contribution in [2.75, 3.05) is 52.7 Å². The summed E-state index contributed by atoms with van der Waals surface area (Å²) in [7, 11) is 0. The summed E-state index contributed by atoms with van der Waals surface area (Å²) >= 11 is 0. The van der Waals surface area contributed by atoms with E-state index in [1.54, 1.807) is 5.73 Å². The zero-order valence-electron chi connectivity index (χ0n) is 27.7. The molecule has 0 bridgehead atoms. The monoisotopic (exact) mass is 626 g/mol. The number of carbonyl (C=O) groups excluding carboxylic acids is 3. The van der Waals surface area contributed by atoms with Gasteiger partial charge in [-0.1, -0.05) is 49.7 Å². The average Bonchev–Trinajstić information content (AvgIpc) is 3.36. The molecule has 2 aromatic rings. The lowest BCUT2D eigenvalue weighted by atomic mass is 9.94. The van der Waals surface area contributed by atoms with Crippen molar-refractivity contribution in [1.29, 1.82) is 0 Å². The SMILES string of the molecule is [2H]NC(=O)OCC1c2cc(CCCC(=O)NCCOCCCC)ccc2-c2ccc(CCCC(=O)NCCOCCCCO)cc21. The number of carbonyl (C=O) groups is 3.